The van der Waals surface area contributed by atoms with Gasteiger partial charge in [-0.15, -0.1) is 0 Å². The van der Waals surface area contributed by atoms with E-state index in [1.165, 1.54) is 19.2 Å². The van der Waals surface area contributed by atoms with Crippen molar-refractivity contribution in [3.63, 3.8) is 0 Å². The molecule has 1 amide bonds. The van der Waals surface area contributed by atoms with Gasteiger partial charge in [0, 0.05) is 16.6 Å². The monoisotopic (exact) mass is 358 g/mol. The Morgan fingerprint density at radius 2 is 2.00 bits per heavy atom. The van der Waals surface area contributed by atoms with Gasteiger partial charge in [-0.3, -0.25) is 14.9 Å². The van der Waals surface area contributed by atoms with Crippen molar-refractivity contribution in [1.29, 1.82) is 0 Å². The predicted molar refractivity (Wildman–Crippen MR) is 78.9 cm³/mol. The zero-order chi connectivity index (χ0) is 16.2. The third kappa shape index (κ3) is 4.25. The molecule has 0 aliphatic carbocycles. The molecule has 1 unspecified atom stereocenters. The maximum Gasteiger partial charge on any atom is 0.328 e. The van der Waals surface area contributed by atoms with Crippen LogP contribution < -0.4 is 5.32 Å². The SMILES string of the molecule is COC(=O)C(NC(=O)c1cc([N+](=O)[O-])ccc1Br)C(C)C. The van der Waals surface area contributed by atoms with Gasteiger partial charge in [-0.25, -0.2) is 4.79 Å². The van der Waals surface area contributed by atoms with Crippen LogP contribution in [-0.2, 0) is 9.53 Å². The van der Waals surface area contributed by atoms with Gasteiger partial charge in [0.1, 0.15) is 6.04 Å². The standard InChI is InChI=1S/C13H15BrN2O5/c1-7(2)11(13(18)21-3)15-12(17)9-6-8(16(19)20)4-5-10(9)14/h4-7,11H,1-3H3,(H,15,17). The molecule has 0 heterocycles. The maximum atomic E-state index is 12.2. The molecule has 0 spiro atoms. The van der Waals surface area contributed by atoms with Crippen molar-refractivity contribution >= 4 is 33.5 Å². The Hall–Kier alpha value is -1.96. The van der Waals surface area contributed by atoms with Crippen molar-refractivity contribution in [3.8, 4) is 0 Å². The van der Waals surface area contributed by atoms with Gasteiger partial charge < -0.3 is 10.1 Å². The van der Waals surface area contributed by atoms with Crippen LogP contribution in [0.5, 0.6) is 0 Å². The van der Waals surface area contributed by atoms with E-state index in [0.29, 0.717) is 4.47 Å². The normalized spacial score (nSPS) is 11.9. The third-order valence-electron chi connectivity index (χ3n) is 2.81. The summed E-state index contributed by atoms with van der Waals surface area (Å²) in [7, 11) is 1.23. The molecule has 0 saturated heterocycles. The van der Waals surface area contributed by atoms with Gasteiger partial charge in [0.05, 0.1) is 17.6 Å². The van der Waals surface area contributed by atoms with E-state index in [0.717, 1.165) is 6.07 Å². The van der Waals surface area contributed by atoms with Crippen LogP contribution in [0.2, 0.25) is 0 Å². The Labute approximate surface area is 129 Å². The number of ether oxygens (including phenoxy) is 1. The smallest absolute Gasteiger partial charge is 0.328 e. The minimum Gasteiger partial charge on any atom is -0.467 e. The van der Waals surface area contributed by atoms with E-state index in [9.17, 15) is 19.7 Å². The predicted octanol–water partition coefficient (Wildman–Crippen LogP) is 2.28. The van der Waals surface area contributed by atoms with Gasteiger partial charge in [-0.2, -0.15) is 0 Å². The Kier molecular flexibility index (Phi) is 5.83. The van der Waals surface area contributed by atoms with E-state index < -0.39 is 22.8 Å². The molecule has 114 valence electrons. The number of amides is 1. The molecule has 1 rings (SSSR count). The maximum absolute atomic E-state index is 12.2. The van der Waals surface area contributed by atoms with Crippen molar-refractivity contribution in [2.45, 2.75) is 19.9 Å². The van der Waals surface area contributed by atoms with Crippen molar-refractivity contribution in [3.05, 3.63) is 38.3 Å². The summed E-state index contributed by atoms with van der Waals surface area (Å²) in [6.45, 7) is 3.51. The fourth-order valence-corrected chi connectivity index (χ4v) is 2.07. The number of non-ortho nitro benzene ring substituents is 1. The molecule has 0 fully saturated rings. The van der Waals surface area contributed by atoms with Crippen LogP contribution in [0.4, 0.5) is 5.69 Å². The third-order valence-corrected chi connectivity index (χ3v) is 3.51. The lowest BCUT2D eigenvalue weighted by Gasteiger charge is -2.20. The van der Waals surface area contributed by atoms with Crippen LogP contribution in [0.3, 0.4) is 0 Å². The number of hydrogen-bond acceptors (Lipinski definition) is 5. The first-order chi connectivity index (χ1) is 9.77. The lowest BCUT2D eigenvalue weighted by atomic mass is 10.0. The molecule has 0 bridgehead atoms. The van der Waals surface area contributed by atoms with Gasteiger partial charge in [-0.05, 0) is 27.9 Å². The fourth-order valence-electron chi connectivity index (χ4n) is 1.64. The van der Waals surface area contributed by atoms with Gasteiger partial charge in [-0.1, -0.05) is 13.8 Å². The first-order valence-electron chi connectivity index (χ1n) is 6.10. The fraction of sp³-hybridized carbons (Fsp3) is 0.385. The average Bonchev–Trinajstić information content (AvgIpc) is 2.43. The number of nitrogens with zero attached hydrogens (tertiary/aromatic N) is 1. The van der Waals surface area contributed by atoms with E-state index in [4.69, 9.17) is 0 Å². The minimum atomic E-state index is -0.825. The van der Waals surface area contributed by atoms with Crippen molar-refractivity contribution in [2.24, 2.45) is 5.92 Å². The molecular formula is C13H15BrN2O5. The lowest BCUT2D eigenvalue weighted by molar-refractivity contribution is -0.384. The molecule has 1 atom stereocenters. The van der Waals surface area contributed by atoms with Crippen LogP contribution in [0, 0.1) is 16.0 Å². The lowest BCUT2D eigenvalue weighted by Crippen LogP contribution is -2.45. The largest absolute Gasteiger partial charge is 0.467 e. The number of carbonyl (C=O) groups is 2. The summed E-state index contributed by atoms with van der Waals surface area (Å²) in [5.74, 6) is -1.34. The average molecular weight is 359 g/mol. The molecule has 0 aliphatic rings. The molecule has 0 aliphatic heterocycles. The zero-order valence-electron chi connectivity index (χ0n) is 11.8. The molecule has 1 aromatic rings. The number of esters is 1. The molecule has 1 aromatic carbocycles. The number of methoxy groups -OCH3 is 1. The summed E-state index contributed by atoms with van der Waals surface area (Å²) in [6.07, 6.45) is 0. The topological polar surface area (TPSA) is 98.5 Å². The van der Waals surface area contributed by atoms with Crippen LogP contribution >= 0.6 is 15.9 Å². The van der Waals surface area contributed by atoms with Crippen LogP contribution in [0.25, 0.3) is 0 Å². The summed E-state index contributed by atoms with van der Waals surface area (Å²) in [5, 5.41) is 13.3. The number of halogens is 1. The Balaban J connectivity index is 3.05. The number of hydrogen-bond donors (Lipinski definition) is 1. The summed E-state index contributed by atoms with van der Waals surface area (Å²) < 4.78 is 5.03. The Morgan fingerprint density at radius 1 is 1.38 bits per heavy atom. The van der Waals surface area contributed by atoms with E-state index in [1.807, 2.05) is 0 Å². The summed E-state index contributed by atoms with van der Waals surface area (Å²) in [6, 6.07) is 3.01. The number of benzene rings is 1. The van der Waals surface area contributed by atoms with Crippen LogP contribution in [0.1, 0.15) is 24.2 Å². The summed E-state index contributed by atoms with van der Waals surface area (Å²) in [4.78, 5) is 34.0. The highest BCUT2D eigenvalue weighted by atomic mass is 79.9. The van der Waals surface area contributed by atoms with Crippen LogP contribution in [0.15, 0.2) is 22.7 Å². The number of rotatable bonds is 5. The van der Waals surface area contributed by atoms with E-state index in [-0.39, 0.29) is 17.2 Å². The Morgan fingerprint density at radius 3 is 2.48 bits per heavy atom. The number of carbonyl (C=O) groups excluding carboxylic acids is 2. The molecule has 0 aromatic heterocycles. The molecular weight excluding hydrogens is 344 g/mol. The molecule has 21 heavy (non-hydrogen) atoms. The second-order valence-corrected chi connectivity index (χ2v) is 5.49. The van der Waals surface area contributed by atoms with Crippen LogP contribution in [-0.4, -0.2) is 30.0 Å². The second kappa shape index (κ2) is 7.16. The number of nitrogens with one attached hydrogen (secondary N) is 1. The number of nitro benzene ring substituents is 1. The minimum absolute atomic E-state index is 0.0822. The van der Waals surface area contributed by atoms with Crippen molar-refractivity contribution < 1.29 is 19.2 Å². The highest BCUT2D eigenvalue weighted by Crippen LogP contribution is 2.22. The van der Waals surface area contributed by atoms with Gasteiger partial charge in [0.25, 0.3) is 11.6 Å². The number of nitro groups is 1. The van der Waals surface area contributed by atoms with E-state index >= 15 is 0 Å². The quantitative estimate of drug-likeness (QED) is 0.494. The molecule has 8 heteroatoms. The van der Waals surface area contributed by atoms with Gasteiger partial charge in [0.2, 0.25) is 0 Å². The van der Waals surface area contributed by atoms with E-state index in [1.54, 1.807) is 13.8 Å². The first kappa shape index (κ1) is 17.1. The molecule has 1 N–H and O–H groups in total. The summed E-state index contributed by atoms with van der Waals surface area (Å²) in [5.41, 5.74) is -0.124. The molecule has 7 nitrogen and oxygen atoms in total. The summed E-state index contributed by atoms with van der Waals surface area (Å²) >= 11 is 3.16. The highest BCUT2D eigenvalue weighted by Gasteiger charge is 2.26. The highest BCUT2D eigenvalue weighted by molar-refractivity contribution is 9.10. The van der Waals surface area contributed by atoms with Gasteiger partial charge in [0.15, 0.2) is 0 Å². The first-order valence-corrected chi connectivity index (χ1v) is 6.89. The van der Waals surface area contributed by atoms with Gasteiger partial charge >= 0.3 is 5.97 Å². The zero-order valence-corrected chi connectivity index (χ0v) is 13.3. The van der Waals surface area contributed by atoms with E-state index in [2.05, 4.69) is 26.0 Å². The molecule has 0 saturated carbocycles. The van der Waals surface area contributed by atoms with Crippen molar-refractivity contribution in [1.82, 2.24) is 5.32 Å². The van der Waals surface area contributed by atoms with Crippen molar-refractivity contribution in [2.75, 3.05) is 7.11 Å². The second-order valence-electron chi connectivity index (χ2n) is 4.64. The Bertz CT molecular complexity index is 574. The molecule has 0 radical (unpaired) electrons.